The van der Waals surface area contributed by atoms with Crippen LogP contribution in [0.3, 0.4) is 0 Å². The first-order valence-corrected chi connectivity index (χ1v) is 12.4. The average molecular weight is 516 g/mol. The minimum atomic E-state index is -3.07. The molecule has 0 atom stereocenters. The summed E-state index contributed by atoms with van der Waals surface area (Å²) in [7, 11) is -3.07. The van der Waals surface area contributed by atoms with E-state index in [4.69, 9.17) is 21.1 Å². The summed E-state index contributed by atoms with van der Waals surface area (Å²) >= 11 is 5.86. The summed E-state index contributed by atoms with van der Waals surface area (Å²) in [5.74, 6) is -0.569. The maximum Gasteiger partial charge on any atom is 0.272 e. The van der Waals surface area contributed by atoms with Gasteiger partial charge in [0.05, 0.1) is 16.5 Å². The summed E-state index contributed by atoms with van der Waals surface area (Å²) in [6, 6.07) is 4.18. The van der Waals surface area contributed by atoms with Crippen molar-refractivity contribution >= 4 is 33.0 Å². The lowest BCUT2D eigenvalue weighted by molar-refractivity contribution is 0.0803. The molecule has 3 aromatic rings. The van der Waals surface area contributed by atoms with E-state index in [9.17, 15) is 22.0 Å². The molecule has 3 aromatic heterocycles. The molecule has 0 radical (unpaired) electrons. The Hall–Kier alpha value is -3.06. The molecular weight excluding hydrogens is 496 g/mol. The third kappa shape index (κ3) is 5.70. The van der Waals surface area contributed by atoms with Crippen LogP contribution in [-0.2, 0) is 9.84 Å². The quantitative estimate of drug-likeness (QED) is 0.509. The van der Waals surface area contributed by atoms with E-state index in [1.807, 2.05) is 0 Å². The normalized spacial score (nSPS) is 17.0. The van der Waals surface area contributed by atoms with Crippen LogP contribution in [0.4, 0.5) is 8.78 Å². The SMILES string of the molecule is CC1(NC(=O)c2cc3nc(Oc4ncc(Cl)cc4OCC(F)F)ccn3n2)CCS(=O)(=O)CC1. The molecule has 0 unspecified atom stereocenters. The third-order valence-electron chi connectivity index (χ3n) is 5.23. The number of sulfone groups is 1. The molecule has 1 saturated heterocycles. The van der Waals surface area contributed by atoms with Crippen LogP contribution in [0.1, 0.15) is 30.3 Å². The molecule has 14 heteroatoms. The molecule has 4 heterocycles. The van der Waals surface area contributed by atoms with Crippen molar-refractivity contribution in [1.29, 1.82) is 0 Å². The number of alkyl halides is 2. The Balaban J connectivity index is 1.50. The van der Waals surface area contributed by atoms with E-state index >= 15 is 0 Å². The van der Waals surface area contributed by atoms with E-state index in [2.05, 4.69) is 20.4 Å². The fourth-order valence-electron chi connectivity index (χ4n) is 3.32. The molecule has 1 amide bonds. The molecule has 0 aliphatic carbocycles. The first kappa shape index (κ1) is 24.1. The predicted octanol–water partition coefficient (Wildman–Crippen LogP) is 2.91. The number of halogens is 3. The number of carbonyl (C=O) groups excluding carboxylic acids is 1. The van der Waals surface area contributed by atoms with Crippen molar-refractivity contribution in [3.8, 4) is 17.5 Å². The van der Waals surface area contributed by atoms with Gasteiger partial charge in [0, 0.05) is 36.1 Å². The number of hydrogen-bond donors (Lipinski definition) is 1. The van der Waals surface area contributed by atoms with Gasteiger partial charge in [0.15, 0.2) is 17.1 Å². The van der Waals surface area contributed by atoms with Gasteiger partial charge in [-0.15, -0.1) is 0 Å². The van der Waals surface area contributed by atoms with E-state index in [-0.39, 0.29) is 45.4 Å². The van der Waals surface area contributed by atoms with Gasteiger partial charge in [-0.1, -0.05) is 11.6 Å². The van der Waals surface area contributed by atoms with Crippen LogP contribution in [-0.4, -0.2) is 64.0 Å². The van der Waals surface area contributed by atoms with Gasteiger partial charge >= 0.3 is 0 Å². The van der Waals surface area contributed by atoms with Gasteiger partial charge in [-0.25, -0.2) is 26.7 Å². The standard InChI is InChI=1S/C20H20ClF2N5O5S/c1-20(3-6-34(30,31)7-4-20)26-18(29)13-9-16-25-17(2-5-28(16)27-13)33-19-14(32-11-15(22)23)8-12(21)10-24-19/h2,5,8-10,15H,3-4,6-7,11H2,1H3,(H,26,29). The molecule has 4 rings (SSSR count). The second-order valence-electron chi connectivity index (χ2n) is 8.03. The summed E-state index contributed by atoms with van der Waals surface area (Å²) in [5, 5.41) is 7.23. The highest BCUT2D eigenvalue weighted by Crippen LogP contribution is 2.31. The van der Waals surface area contributed by atoms with Gasteiger partial charge in [0.1, 0.15) is 16.4 Å². The number of aromatic nitrogens is 4. The maximum atomic E-state index is 12.7. The van der Waals surface area contributed by atoms with Gasteiger partial charge in [-0.2, -0.15) is 10.1 Å². The van der Waals surface area contributed by atoms with Gasteiger partial charge in [0.25, 0.3) is 18.2 Å². The Kier molecular flexibility index (Phi) is 6.58. The van der Waals surface area contributed by atoms with Crippen LogP contribution in [0.15, 0.2) is 30.6 Å². The number of ether oxygens (including phenoxy) is 2. The highest BCUT2D eigenvalue weighted by atomic mass is 35.5. The average Bonchev–Trinajstić information content (AvgIpc) is 3.20. The van der Waals surface area contributed by atoms with Crippen LogP contribution >= 0.6 is 11.6 Å². The number of hydrogen-bond acceptors (Lipinski definition) is 8. The Morgan fingerprint density at radius 2 is 2.06 bits per heavy atom. The summed E-state index contributed by atoms with van der Waals surface area (Å²) in [4.78, 5) is 20.9. The number of nitrogens with zero attached hydrogens (tertiary/aromatic N) is 4. The van der Waals surface area contributed by atoms with Crippen LogP contribution in [0.5, 0.6) is 17.5 Å². The van der Waals surface area contributed by atoms with Crippen LogP contribution < -0.4 is 14.8 Å². The van der Waals surface area contributed by atoms with Crippen molar-refractivity contribution in [3.63, 3.8) is 0 Å². The zero-order valence-corrected chi connectivity index (χ0v) is 19.4. The zero-order valence-electron chi connectivity index (χ0n) is 17.9. The Morgan fingerprint density at radius 1 is 1.32 bits per heavy atom. The van der Waals surface area contributed by atoms with E-state index in [0.29, 0.717) is 12.8 Å². The lowest BCUT2D eigenvalue weighted by atomic mass is 9.95. The molecule has 10 nitrogen and oxygen atoms in total. The van der Waals surface area contributed by atoms with Crippen molar-refractivity contribution in [2.45, 2.75) is 31.7 Å². The molecule has 182 valence electrons. The highest BCUT2D eigenvalue weighted by molar-refractivity contribution is 7.91. The molecule has 0 spiro atoms. The van der Waals surface area contributed by atoms with E-state index in [1.165, 1.54) is 35.1 Å². The highest BCUT2D eigenvalue weighted by Gasteiger charge is 2.35. The smallest absolute Gasteiger partial charge is 0.272 e. The van der Waals surface area contributed by atoms with Gasteiger partial charge in [-0.05, 0) is 19.8 Å². The summed E-state index contributed by atoms with van der Waals surface area (Å²) < 4.78 is 60.4. The molecule has 0 aromatic carbocycles. The number of rotatable bonds is 7. The first-order valence-electron chi connectivity index (χ1n) is 10.2. The van der Waals surface area contributed by atoms with Gasteiger partial charge in [-0.3, -0.25) is 4.79 Å². The fraction of sp³-hybridized carbons (Fsp3) is 0.400. The first-order chi connectivity index (χ1) is 16.0. The van der Waals surface area contributed by atoms with Crippen molar-refractivity contribution in [2.75, 3.05) is 18.1 Å². The van der Waals surface area contributed by atoms with Crippen LogP contribution in [0.25, 0.3) is 5.65 Å². The number of pyridine rings is 1. The maximum absolute atomic E-state index is 12.7. The number of nitrogens with one attached hydrogen (secondary N) is 1. The lowest BCUT2D eigenvalue weighted by Gasteiger charge is -2.34. The van der Waals surface area contributed by atoms with Crippen molar-refractivity contribution < 1.29 is 31.5 Å². The predicted molar refractivity (Wildman–Crippen MR) is 118 cm³/mol. The molecule has 1 fully saturated rings. The molecule has 0 saturated carbocycles. The molecule has 1 N–H and O–H groups in total. The summed E-state index contributed by atoms with van der Waals surface area (Å²) in [6.45, 7) is 0.934. The second-order valence-corrected chi connectivity index (χ2v) is 10.8. The van der Waals surface area contributed by atoms with E-state index in [1.54, 1.807) is 6.92 Å². The molecule has 1 aliphatic rings. The van der Waals surface area contributed by atoms with Crippen LogP contribution in [0.2, 0.25) is 5.02 Å². The zero-order chi connectivity index (χ0) is 24.5. The Bertz CT molecular complexity index is 1320. The fourth-order valence-corrected chi connectivity index (χ4v) is 5.20. The molecule has 1 aliphatic heterocycles. The largest absolute Gasteiger partial charge is 0.482 e. The minimum absolute atomic E-state index is 0.0128. The topological polar surface area (TPSA) is 125 Å². The molecular formula is C20H20ClF2N5O5S. The minimum Gasteiger partial charge on any atom is -0.482 e. The van der Waals surface area contributed by atoms with Crippen LogP contribution in [0, 0.1) is 0 Å². The molecule has 0 bridgehead atoms. The Morgan fingerprint density at radius 3 is 2.76 bits per heavy atom. The van der Waals surface area contributed by atoms with E-state index in [0.717, 1.165) is 0 Å². The van der Waals surface area contributed by atoms with Crippen molar-refractivity contribution in [1.82, 2.24) is 24.9 Å². The van der Waals surface area contributed by atoms with Crippen molar-refractivity contribution in [2.24, 2.45) is 0 Å². The number of fused-ring (bicyclic) bond motifs is 1. The van der Waals surface area contributed by atoms with Crippen molar-refractivity contribution in [3.05, 3.63) is 41.3 Å². The number of amides is 1. The monoisotopic (exact) mass is 515 g/mol. The van der Waals surface area contributed by atoms with Gasteiger partial charge in [0.2, 0.25) is 5.88 Å². The summed E-state index contributed by atoms with van der Waals surface area (Å²) in [5.41, 5.74) is -0.290. The van der Waals surface area contributed by atoms with Gasteiger partial charge < -0.3 is 14.8 Å². The second kappa shape index (κ2) is 9.29. The Labute approximate surface area is 198 Å². The third-order valence-corrected chi connectivity index (χ3v) is 7.09. The molecule has 34 heavy (non-hydrogen) atoms. The van der Waals surface area contributed by atoms with E-state index < -0.39 is 34.3 Å². The summed E-state index contributed by atoms with van der Waals surface area (Å²) in [6.07, 6.45) is 0.698. The lowest BCUT2D eigenvalue weighted by Crippen LogP contribution is -2.51. The number of carbonyl (C=O) groups is 1.